The lowest BCUT2D eigenvalue weighted by Crippen LogP contribution is -2.48. The van der Waals surface area contributed by atoms with Crippen LogP contribution in [0.25, 0.3) is 10.2 Å². The smallest absolute Gasteiger partial charge is 0.261 e. The largest absolute Gasteiger partial charge is 0.390 e. The van der Waals surface area contributed by atoms with Gasteiger partial charge in [0.05, 0.1) is 22.7 Å². The van der Waals surface area contributed by atoms with Crippen LogP contribution in [-0.2, 0) is 26.4 Å². The van der Waals surface area contributed by atoms with Gasteiger partial charge in [-0.2, -0.15) is 5.10 Å². The van der Waals surface area contributed by atoms with Gasteiger partial charge >= 0.3 is 0 Å². The number of aliphatic hydroxyl groups is 1. The van der Waals surface area contributed by atoms with Crippen molar-refractivity contribution < 1.29 is 18.7 Å². The Hall–Kier alpha value is -3.14. The Morgan fingerprint density at radius 3 is 2.53 bits per heavy atom. The van der Waals surface area contributed by atoms with Crippen LogP contribution in [0, 0.1) is 18.6 Å². The molecule has 1 amide bonds. The van der Waals surface area contributed by atoms with Gasteiger partial charge in [-0.1, -0.05) is 31.2 Å². The van der Waals surface area contributed by atoms with Crippen LogP contribution in [0.3, 0.4) is 0 Å². The van der Waals surface area contributed by atoms with Gasteiger partial charge in [-0.15, -0.1) is 11.3 Å². The van der Waals surface area contributed by atoms with Gasteiger partial charge in [-0.25, -0.2) is 8.78 Å². The molecule has 4 aromatic rings. The molecular formula is C27H30F2N4O2S. The Labute approximate surface area is 213 Å². The fourth-order valence-corrected chi connectivity index (χ4v) is 5.32. The second-order valence-electron chi connectivity index (χ2n) is 8.97. The number of hydrogen-bond donors (Lipinski definition) is 3. The molecule has 0 unspecified atom stereocenters. The Bertz CT molecular complexity index is 1310. The molecule has 0 aliphatic carbocycles. The quantitative estimate of drug-likeness (QED) is 0.297. The summed E-state index contributed by atoms with van der Waals surface area (Å²) in [5.74, 6) is -1.76. The Balaban J connectivity index is 1.49. The molecule has 0 saturated carbocycles. The number of halogens is 2. The van der Waals surface area contributed by atoms with Crippen LogP contribution in [0.15, 0.2) is 48.5 Å². The number of aliphatic hydroxyl groups excluding tert-OH is 1. The van der Waals surface area contributed by atoms with Gasteiger partial charge in [0, 0.05) is 31.6 Å². The summed E-state index contributed by atoms with van der Waals surface area (Å²) >= 11 is 1.31. The molecule has 0 saturated heterocycles. The molecule has 0 spiro atoms. The third-order valence-corrected chi connectivity index (χ3v) is 7.36. The molecule has 3 N–H and O–H groups in total. The number of nitrogens with one attached hydrogen (secondary N) is 2. The molecule has 2 aromatic carbocycles. The van der Waals surface area contributed by atoms with Crippen molar-refractivity contribution in [3.8, 4) is 0 Å². The highest BCUT2D eigenvalue weighted by atomic mass is 32.1. The third-order valence-electron chi connectivity index (χ3n) is 6.16. The third kappa shape index (κ3) is 6.16. The minimum absolute atomic E-state index is 0.0695. The molecule has 6 nitrogen and oxygen atoms in total. The van der Waals surface area contributed by atoms with E-state index >= 15 is 0 Å². The first-order chi connectivity index (χ1) is 17.2. The molecule has 0 bridgehead atoms. The van der Waals surface area contributed by atoms with Crippen molar-refractivity contribution in [1.29, 1.82) is 0 Å². The van der Waals surface area contributed by atoms with E-state index in [0.717, 1.165) is 34.0 Å². The monoisotopic (exact) mass is 512 g/mol. The summed E-state index contributed by atoms with van der Waals surface area (Å²) in [7, 11) is 1.82. The Morgan fingerprint density at radius 2 is 1.83 bits per heavy atom. The van der Waals surface area contributed by atoms with Gasteiger partial charge in [-0.05, 0) is 54.7 Å². The van der Waals surface area contributed by atoms with E-state index in [0.29, 0.717) is 17.0 Å². The average molecular weight is 513 g/mol. The molecule has 0 radical (unpaired) electrons. The van der Waals surface area contributed by atoms with Crippen molar-refractivity contribution in [3.05, 3.63) is 87.4 Å². The van der Waals surface area contributed by atoms with Crippen LogP contribution in [0.2, 0.25) is 0 Å². The van der Waals surface area contributed by atoms with E-state index in [4.69, 9.17) is 0 Å². The highest BCUT2D eigenvalue weighted by Crippen LogP contribution is 2.27. The van der Waals surface area contributed by atoms with E-state index in [1.807, 2.05) is 26.1 Å². The van der Waals surface area contributed by atoms with Crippen molar-refractivity contribution in [3.63, 3.8) is 0 Å². The number of benzene rings is 2. The number of carbonyl (C=O) groups is 1. The van der Waals surface area contributed by atoms with Gasteiger partial charge in [0.2, 0.25) is 0 Å². The number of fused-ring (bicyclic) bond motifs is 1. The number of amides is 1. The molecule has 190 valence electrons. The van der Waals surface area contributed by atoms with E-state index in [9.17, 15) is 18.7 Å². The highest BCUT2D eigenvalue weighted by Gasteiger charge is 2.24. The first-order valence-electron chi connectivity index (χ1n) is 11.9. The fourth-order valence-electron chi connectivity index (χ4n) is 4.29. The molecule has 2 atom stereocenters. The van der Waals surface area contributed by atoms with E-state index in [1.54, 1.807) is 10.7 Å². The van der Waals surface area contributed by atoms with E-state index in [2.05, 4.69) is 34.8 Å². The summed E-state index contributed by atoms with van der Waals surface area (Å²) in [6, 6.07) is 12.4. The predicted molar refractivity (Wildman–Crippen MR) is 138 cm³/mol. The molecule has 0 aliphatic rings. The standard InChI is InChI=1S/C27H30F2N4O2S/c1-4-17-6-5-7-18(8-17)14-30-15-24(34)23(11-19-9-20(28)12-21(29)10-19)31-26(35)25-13-22-16(2)32-33(3)27(22)36-25/h5-10,12-13,23-24,30,34H,4,11,14-15H2,1-3H3,(H,31,35)/t23-,24-/m0/s1. The number of aryl methyl sites for hydroxylation is 3. The zero-order valence-corrected chi connectivity index (χ0v) is 21.3. The van der Waals surface area contributed by atoms with Crippen LogP contribution < -0.4 is 10.6 Å². The van der Waals surface area contributed by atoms with Crippen molar-refractivity contribution in [2.45, 2.75) is 45.4 Å². The summed E-state index contributed by atoms with van der Waals surface area (Å²) in [4.78, 5) is 14.5. The van der Waals surface area contributed by atoms with Crippen LogP contribution in [0.5, 0.6) is 0 Å². The van der Waals surface area contributed by atoms with Crippen molar-refractivity contribution in [2.24, 2.45) is 7.05 Å². The second kappa shape index (κ2) is 11.3. The summed E-state index contributed by atoms with van der Waals surface area (Å²) in [5, 5.41) is 22.4. The average Bonchev–Trinajstić information content (AvgIpc) is 3.39. The minimum Gasteiger partial charge on any atom is -0.390 e. The first kappa shape index (κ1) is 25.9. The summed E-state index contributed by atoms with van der Waals surface area (Å²) in [6.45, 7) is 4.70. The first-order valence-corrected chi connectivity index (χ1v) is 12.7. The summed E-state index contributed by atoms with van der Waals surface area (Å²) in [6.07, 6.45) is 0.00900. The molecule has 2 aromatic heterocycles. The van der Waals surface area contributed by atoms with Gasteiger partial charge in [0.1, 0.15) is 16.5 Å². The van der Waals surface area contributed by atoms with Crippen molar-refractivity contribution in [2.75, 3.05) is 6.54 Å². The molecule has 4 rings (SSSR count). The number of thiophene rings is 1. The second-order valence-corrected chi connectivity index (χ2v) is 10.0. The maximum atomic E-state index is 13.8. The SMILES string of the molecule is CCc1cccc(CNC[C@H](O)[C@H](Cc2cc(F)cc(F)c2)NC(=O)c2cc3c(C)nn(C)c3s2)c1. The summed E-state index contributed by atoms with van der Waals surface area (Å²) < 4.78 is 29.3. The fraction of sp³-hybridized carbons (Fsp3) is 0.333. The maximum Gasteiger partial charge on any atom is 0.261 e. The minimum atomic E-state index is -0.993. The van der Waals surface area contributed by atoms with Crippen molar-refractivity contribution >= 4 is 27.5 Å². The van der Waals surface area contributed by atoms with E-state index in [-0.39, 0.29) is 18.9 Å². The molecule has 0 fully saturated rings. The number of rotatable bonds is 10. The maximum absolute atomic E-state index is 13.8. The lowest BCUT2D eigenvalue weighted by atomic mass is 10.0. The normalized spacial score (nSPS) is 13.2. The van der Waals surface area contributed by atoms with Crippen molar-refractivity contribution in [1.82, 2.24) is 20.4 Å². The number of hydrogen-bond acceptors (Lipinski definition) is 5. The van der Waals surface area contributed by atoms with Gasteiger partial charge in [-0.3, -0.25) is 9.48 Å². The number of aromatic nitrogens is 2. The lowest BCUT2D eigenvalue weighted by molar-refractivity contribution is 0.0833. The van der Waals surface area contributed by atoms with Crippen LogP contribution in [-0.4, -0.2) is 39.5 Å². The number of carbonyl (C=O) groups excluding carboxylic acids is 1. The predicted octanol–water partition coefficient (Wildman–Crippen LogP) is 4.28. The topological polar surface area (TPSA) is 79.2 Å². The summed E-state index contributed by atoms with van der Waals surface area (Å²) in [5.41, 5.74) is 3.49. The lowest BCUT2D eigenvalue weighted by Gasteiger charge is -2.25. The Kier molecular flexibility index (Phi) is 8.13. The Morgan fingerprint density at radius 1 is 1.11 bits per heavy atom. The van der Waals surface area contributed by atoms with Gasteiger partial charge in [0.15, 0.2) is 0 Å². The zero-order valence-electron chi connectivity index (χ0n) is 20.5. The van der Waals surface area contributed by atoms with Crippen LogP contribution in [0.1, 0.15) is 39.0 Å². The van der Waals surface area contributed by atoms with E-state index < -0.39 is 23.8 Å². The highest BCUT2D eigenvalue weighted by molar-refractivity contribution is 7.20. The molecule has 9 heteroatoms. The molecule has 2 heterocycles. The molecule has 0 aliphatic heterocycles. The van der Waals surface area contributed by atoms with E-state index in [1.165, 1.54) is 29.0 Å². The van der Waals surface area contributed by atoms with Crippen LogP contribution in [0.4, 0.5) is 8.78 Å². The zero-order chi connectivity index (χ0) is 25.8. The van der Waals surface area contributed by atoms with Crippen LogP contribution >= 0.6 is 11.3 Å². The molecule has 36 heavy (non-hydrogen) atoms. The van der Waals surface area contributed by atoms with Gasteiger partial charge in [0.25, 0.3) is 5.91 Å². The molecular weight excluding hydrogens is 482 g/mol. The van der Waals surface area contributed by atoms with Gasteiger partial charge < -0.3 is 15.7 Å². The number of nitrogens with zero attached hydrogens (tertiary/aromatic N) is 2.